The number of rotatable bonds is 6. The molecule has 0 radical (unpaired) electrons. The summed E-state index contributed by atoms with van der Waals surface area (Å²) in [5.74, 6) is 0.605. The number of nitrogens with zero attached hydrogens (tertiary/aromatic N) is 6. The Morgan fingerprint density at radius 3 is 2.39 bits per heavy atom. The number of amides is 1. The molecule has 1 aliphatic rings. The highest BCUT2D eigenvalue weighted by atomic mass is 19.4. The zero-order valence-corrected chi connectivity index (χ0v) is 25.4. The number of piperazine rings is 1. The van der Waals surface area contributed by atoms with Crippen LogP contribution >= 0.6 is 0 Å². The van der Waals surface area contributed by atoms with Crippen LogP contribution in [0.5, 0.6) is 5.75 Å². The average Bonchev–Trinajstić information content (AvgIpc) is 3.04. The summed E-state index contributed by atoms with van der Waals surface area (Å²) in [6.07, 6.45) is 0.535. The average molecular weight is 629 g/mol. The summed E-state index contributed by atoms with van der Waals surface area (Å²) < 4.78 is 45.7. The fraction of sp³-hybridized carbons (Fsp3) is 0.242. The summed E-state index contributed by atoms with van der Waals surface area (Å²) >= 11 is 0. The third-order valence-corrected chi connectivity index (χ3v) is 8.00. The summed E-state index contributed by atoms with van der Waals surface area (Å²) in [6.45, 7) is 5.35. The van der Waals surface area contributed by atoms with Crippen LogP contribution in [0, 0.1) is 6.92 Å². The molecule has 0 atom stereocenters. The van der Waals surface area contributed by atoms with E-state index in [1.807, 2.05) is 13.0 Å². The van der Waals surface area contributed by atoms with Gasteiger partial charge >= 0.3 is 6.18 Å². The fourth-order valence-electron chi connectivity index (χ4n) is 5.50. The lowest BCUT2D eigenvalue weighted by Crippen LogP contribution is -2.45. The molecule has 236 valence electrons. The number of carbonyl (C=O) groups is 1. The Balaban J connectivity index is 1.42. The molecule has 1 fully saturated rings. The predicted molar refractivity (Wildman–Crippen MR) is 171 cm³/mol. The number of carbonyl (C=O) groups excluding carboxylic acids is 1. The maximum Gasteiger partial charge on any atom is 0.416 e. The van der Waals surface area contributed by atoms with E-state index in [4.69, 9.17) is 10.5 Å². The van der Waals surface area contributed by atoms with E-state index in [1.165, 1.54) is 19.2 Å². The number of hydrogen-bond donors (Lipinski definition) is 2. The second-order valence-corrected chi connectivity index (χ2v) is 11.1. The molecule has 3 aromatic carbocycles. The van der Waals surface area contributed by atoms with E-state index in [0.29, 0.717) is 44.9 Å². The van der Waals surface area contributed by atoms with Gasteiger partial charge in [-0.1, -0.05) is 12.1 Å². The molecule has 0 aliphatic carbocycles. The molecule has 46 heavy (non-hydrogen) atoms. The van der Waals surface area contributed by atoms with Gasteiger partial charge < -0.3 is 25.6 Å². The predicted octanol–water partition coefficient (Wildman–Crippen LogP) is 5.68. The molecule has 0 unspecified atom stereocenters. The lowest BCUT2D eigenvalue weighted by atomic mass is 9.92. The minimum Gasteiger partial charge on any atom is -0.495 e. The molecule has 0 saturated carbocycles. The van der Waals surface area contributed by atoms with Crippen LogP contribution in [-0.4, -0.2) is 71.1 Å². The molecule has 1 saturated heterocycles. The third kappa shape index (κ3) is 6.13. The molecule has 13 heteroatoms. The number of methoxy groups -OCH3 is 1. The topological polar surface area (TPSA) is 122 Å². The highest BCUT2D eigenvalue weighted by Crippen LogP contribution is 2.44. The number of likely N-dealkylation sites (N-methyl/N-ethyl adjacent to an activating group) is 1. The van der Waals surface area contributed by atoms with Gasteiger partial charge in [0.15, 0.2) is 0 Å². The van der Waals surface area contributed by atoms with E-state index in [-0.39, 0.29) is 17.2 Å². The quantitative estimate of drug-likeness (QED) is 0.245. The van der Waals surface area contributed by atoms with Gasteiger partial charge in [-0.3, -0.25) is 4.79 Å². The number of nitrogen functional groups attached to an aromatic ring is 1. The van der Waals surface area contributed by atoms with Crippen molar-refractivity contribution in [2.24, 2.45) is 0 Å². The fourth-order valence-corrected chi connectivity index (χ4v) is 5.50. The van der Waals surface area contributed by atoms with Crippen LogP contribution in [0.25, 0.3) is 33.2 Å². The number of alkyl halides is 3. The zero-order chi connectivity index (χ0) is 32.6. The number of halogens is 3. The third-order valence-electron chi connectivity index (χ3n) is 8.00. The molecule has 1 aliphatic heterocycles. The zero-order valence-electron chi connectivity index (χ0n) is 25.4. The molecule has 6 rings (SSSR count). The number of nitrogens with two attached hydrogens (primary N) is 1. The van der Waals surface area contributed by atoms with Gasteiger partial charge in [-0.2, -0.15) is 13.2 Å². The summed E-state index contributed by atoms with van der Waals surface area (Å²) in [7, 11) is 3.62. The number of fused-ring (bicyclic) bond motifs is 1. The SMILES string of the molecule is COc1c(-c2cc(C(=O)Nc3cccc(C(F)(F)F)c3)ccc2C)cc2cnc(N)nc2c1-c1cnc(N2CCN(C)CC2)nc1. The molecule has 3 heterocycles. The first-order chi connectivity index (χ1) is 22.0. The van der Waals surface area contributed by atoms with E-state index in [9.17, 15) is 18.0 Å². The summed E-state index contributed by atoms with van der Waals surface area (Å²) in [4.78, 5) is 35.7. The number of aryl methyl sites for hydroxylation is 1. The molecular weight excluding hydrogens is 597 g/mol. The van der Waals surface area contributed by atoms with Crippen LogP contribution in [-0.2, 0) is 6.18 Å². The second kappa shape index (κ2) is 12.2. The number of hydrogen-bond acceptors (Lipinski definition) is 9. The van der Waals surface area contributed by atoms with Crippen LogP contribution in [0.1, 0.15) is 21.5 Å². The van der Waals surface area contributed by atoms with Crippen LogP contribution in [0.2, 0.25) is 0 Å². The lowest BCUT2D eigenvalue weighted by Gasteiger charge is -2.32. The van der Waals surface area contributed by atoms with Crippen molar-refractivity contribution in [3.05, 3.63) is 83.8 Å². The Hall–Kier alpha value is -5.30. The Labute approximate surface area is 263 Å². The monoisotopic (exact) mass is 628 g/mol. The molecule has 2 aromatic heterocycles. The smallest absolute Gasteiger partial charge is 0.416 e. The Kier molecular flexibility index (Phi) is 8.17. The summed E-state index contributed by atoms with van der Waals surface area (Å²) in [5.41, 5.74) is 9.37. The van der Waals surface area contributed by atoms with Gasteiger partial charge in [0.1, 0.15) is 5.75 Å². The molecule has 1 amide bonds. The maximum absolute atomic E-state index is 13.3. The Bertz CT molecular complexity index is 1920. The van der Waals surface area contributed by atoms with Crippen LogP contribution < -0.4 is 20.7 Å². The normalized spacial score (nSPS) is 14.0. The number of ether oxygens (including phenoxy) is 1. The van der Waals surface area contributed by atoms with Gasteiger partial charge in [0, 0.05) is 72.5 Å². The maximum atomic E-state index is 13.3. The molecular formula is C33H31F3N8O2. The molecule has 0 bridgehead atoms. The van der Waals surface area contributed by atoms with Crippen molar-refractivity contribution in [3.63, 3.8) is 0 Å². The second-order valence-electron chi connectivity index (χ2n) is 11.1. The minimum absolute atomic E-state index is 0.0299. The van der Waals surface area contributed by atoms with Crippen molar-refractivity contribution in [1.29, 1.82) is 0 Å². The van der Waals surface area contributed by atoms with Gasteiger partial charge in [0.2, 0.25) is 11.9 Å². The van der Waals surface area contributed by atoms with Crippen molar-refractivity contribution in [1.82, 2.24) is 24.8 Å². The minimum atomic E-state index is -4.54. The highest BCUT2D eigenvalue weighted by Gasteiger charge is 2.30. The van der Waals surface area contributed by atoms with Crippen LogP contribution in [0.4, 0.5) is 30.8 Å². The number of nitrogens with one attached hydrogen (secondary N) is 1. The van der Waals surface area contributed by atoms with Crippen LogP contribution in [0.15, 0.2) is 67.1 Å². The van der Waals surface area contributed by atoms with Crippen molar-refractivity contribution < 1.29 is 22.7 Å². The number of anilines is 3. The van der Waals surface area contributed by atoms with Gasteiger partial charge in [-0.15, -0.1) is 0 Å². The van der Waals surface area contributed by atoms with Crippen molar-refractivity contribution in [2.75, 3.05) is 56.3 Å². The van der Waals surface area contributed by atoms with Crippen molar-refractivity contribution in [2.45, 2.75) is 13.1 Å². The van der Waals surface area contributed by atoms with Gasteiger partial charge in [0.05, 0.1) is 23.8 Å². The first-order valence-electron chi connectivity index (χ1n) is 14.5. The van der Waals surface area contributed by atoms with E-state index >= 15 is 0 Å². The molecule has 3 N–H and O–H groups in total. The van der Waals surface area contributed by atoms with E-state index in [0.717, 1.165) is 43.9 Å². The van der Waals surface area contributed by atoms with Crippen LogP contribution in [0.3, 0.4) is 0 Å². The molecule has 5 aromatic rings. The Morgan fingerprint density at radius 2 is 1.70 bits per heavy atom. The lowest BCUT2D eigenvalue weighted by molar-refractivity contribution is -0.137. The summed E-state index contributed by atoms with van der Waals surface area (Å²) in [6, 6.07) is 11.4. The standard InChI is InChI=1S/C33H31F3N8O2/c1-19-7-8-20(30(45)41-24-6-4-5-23(15-24)33(34,35)36)13-25(19)26-14-21-16-38-31(37)42-28(21)27(29(26)46-3)22-17-39-32(40-18-22)44-11-9-43(2)10-12-44/h4-8,13-18H,9-12H2,1-3H3,(H,41,45)(H2,37,38,42). The Morgan fingerprint density at radius 1 is 0.957 bits per heavy atom. The molecule has 10 nitrogen and oxygen atoms in total. The highest BCUT2D eigenvalue weighted by molar-refractivity contribution is 6.06. The largest absolute Gasteiger partial charge is 0.495 e. The number of benzene rings is 3. The van der Waals surface area contributed by atoms with E-state index in [2.05, 4.69) is 42.1 Å². The first-order valence-corrected chi connectivity index (χ1v) is 14.5. The first kappa shape index (κ1) is 30.7. The van der Waals surface area contributed by atoms with Gasteiger partial charge in [-0.05, 0) is 61.5 Å². The molecule has 0 spiro atoms. The van der Waals surface area contributed by atoms with Crippen molar-refractivity contribution >= 4 is 34.4 Å². The van der Waals surface area contributed by atoms with Gasteiger partial charge in [0.25, 0.3) is 5.91 Å². The summed E-state index contributed by atoms with van der Waals surface area (Å²) in [5, 5.41) is 3.25. The van der Waals surface area contributed by atoms with E-state index in [1.54, 1.807) is 36.8 Å². The number of aromatic nitrogens is 4. The van der Waals surface area contributed by atoms with Gasteiger partial charge in [-0.25, -0.2) is 19.9 Å². The van der Waals surface area contributed by atoms with E-state index < -0.39 is 17.6 Å². The van der Waals surface area contributed by atoms with Crippen molar-refractivity contribution in [3.8, 4) is 28.0 Å².